The summed E-state index contributed by atoms with van der Waals surface area (Å²) in [6, 6.07) is -1.09. The molecular weight excluding hydrogens is 623 g/mol. The van der Waals surface area contributed by atoms with Gasteiger partial charge < -0.3 is 41.1 Å². The van der Waals surface area contributed by atoms with Gasteiger partial charge in [-0.2, -0.15) is 0 Å². The van der Waals surface area contributed by atoms with E-state index < -0.39 is 98.7 Å². The molecule has 0 saturated carbocycles. The maximum Gasteiger partial charge on any atom is 0.524 e. The summed E-state index contributed by atoms with van der Waals surface area (Å²) in [6.45, 7) is 4.36. The third-order valence-corrected chi connectivity index (χ3v) is 6.81. The SMILES string of the molecule is CC[C@@H](C)[C@H](NC(=O)C[C@H](NC(=O)[C@H](CCC(=O)O)NC(=O)[C@H](Cc1ccc(OP(=O)(O)O)cc1)NC(C)=O)C(=O)O)C(=O)O. The van der Waals surface area contributed by atoms with Crippen LogP contribution in [0.15, 0.2) is 24.3 Å². The molecule has 5 atom stereocenters. The lowest BCUT2D eigenvalue weighted by Crippen LogP contribution is -2.56. The van der Waals surface area contributed by atoms with Crippen LogP contribution in [0.5, 0.6) is 5.75 Å². The van der Waals surface area contributed by atoms with E-state index in [0.717, 1.165) is 6.92 Å². The largest absolute Gasteiger partial charge is 0.524 e. The zero-order valence-corrected chi connectivity index (χ0v) is 25.5. The van der Waals surface area contributed by atoms with Gasteiger partial charge in [0.15, 0.2) is 0 Å². The number of aliphatic carboxylic acids is 3. The molecule has 0 aromatic heterocycles. The lowest BCUT2D eigenvalue weighted by Gasteiger charge is -2.25. The smallest absolute Gasteiger partial charge is 0.481 e. The fourth-order valence-corrected chi connectivity index (χ4v) is 4.29. The van der Waals surface area contributed by atoms with E-state index in [4.69, 9.17) is 14.9 Å². The molecule has 0 spiro atoms. The van der Waals surface area contributed by atoms with E-state index in [1.54, 1.807) is 13.8 Å². The first-order valence-corrected chi connectivity index (χ1v) is 15.0. The second-order valence-corrected chi connectivity index (χ2v) is 11.2. The minimum atomic E-state index is -4.83. The van der Waals surface area contributed by atoms with Gasteiger partial charge in [0.25, 0.3) is 0 Å². The highest BCUT2D eigenvalue weighted by Gasteiger charge is 2.32. The Morgan fingerprint density at radius 2 is 1.38 bits per heavy atom. The summed E-state index contributed by atoms with van der Waals surface area (Å²) in [5.74, 6) is -8.82. The Balaban J connectivity index is 3.12. The zero-order valence-electron chi connectivity index (χ0n) is 24.6. The highest BCUT2D eigenvalue weighted by atomic mass is 31.2. The van der Waals surface area contributed by atoms with Crippen LogP contribution in [0.4, 0.5) is 0 Å². The first-order chi connectivity index (χ1) is 20.8. The second-order valence-electron chi connectivity index (χ2n) is 10.0. The number of carboxylic acid groups (broad SMARTS) is 3. The molecule has 0 aliphatic carbocycles. The number of carboxylic acids is 3. The molecule has 18 nitrogen and oxygen atoms in total. The highest BCUT2D eigenvalue weighted by molar-refractivity contribution is 7.46. The second kappa shape index (κ2) is 17.7. The van der Waals surface area contributed by atoms with Crippen molar-refractivity contribution in [2.45, 2.75) is 77.0 Å². The van der Waals surface area contributed by atoms with E-state index in [-0.39, 0.29) is 12.2 Å². The average Bonchev–Trinajstić information content (AvgIpc) is 2.92. The molecule has 0 fully saturated rings. The molecule has 0 saturated heterocycles. The highest BCUT2D eigenvalue weighted by Crippen LogP contribution is 2.37. The van der Waals surface area contributed by atoms with Crippen LogP contribution in [0.3, 0.4) is 0 Å². The number of rotatable bonds is 19. The van der Waals surface area contributed by atoms with Crippen LogP contribution in [-0.4, -0.2) is 90.8 Å². The predicted octanol–water partition coefficient (Wildman–Crippen LogP) is -0.870. The molecular formula is C26H37N4O14P. The average molecular weight is 661 g/mol. The molecule has 0 aliphatic rings. The molecule has 9 N–H and O–H groups in total. The van der Waals surface area contributed by atoms with Gasteiger partial charge in [0, 0.05) is 19.8 Å². The molecule has 0 unspecified atom stereocenters. The molecule has 1 rings (SSSR count). The molecule has 19 heteroatoms. The lowest BCUT2D eigenvalue weighted by molar-refractivity contribution is -0.146. The number of phosphoric ester groups is 1. The summed E-state index contributed by atoms with van der Waals surface area (Å²) in [6.07, 6.45) is -1.85. The normalized spacial score (nSPS) is 14.4. The van der Waals surface area contributed by atoms with Crippen molar-refractivity contribution in [2.75, 3.05) is 0 Å². The minimum absolute atomic E-state index is 0.182. The number of amides is 4. The molecule has 4 amide bonds. The van der Waals surface area contributed by atoms with Gasteiger partial charge in [-0.05, 0) is 30.0 Å². The van der Waals surface area contributed by atoms with Gasteiger partial charge in [-0.15, -0.1) is 0 Å². The maximum atomic E-state index is 13.2. The van der Waals surface area contributed by atoms with E-state index in [2.05, 4.69) is 25.8 Å². The summed E-state index contributed by atoms with van der Waals surface area (Å²) < 4.78 is 15.5. The Morgan fingerprint density at radius 3 is 1.84 bits per heavy atom. The van der Waals surface area contributed by atoms with Crippen molar-refractivity contribution < 1.29 is 67.8 Å². The quantitative estimate of drug-likeness (QED) is 0.0816. The molecule has 0 heterocycles. The van der Waals surface area contributed by atoms with Gasteiger partial charge in [0.1, 0.15) is 29.9 Å². The van der Waals surface area contributed by atoms with E-state index in [9.17, 15) is 48.3 Å². The molecule has 45 heavy (non-hydrogen) atoms. The summed E-state index contributed by atoms with van der Waals surface area (Å²) >= 11 is 0. The molecule has 0 aliphatic heterocycles. The number of nitrogens with one attached hydrogen (secondary N) is 4. The fraction of sp³-hybridized carbons (Fsp3) is 0.500. The summed E-state index contributed by atoms with van der Waals surface area (Å²) in [5, 5.41) is 37.0. The Hall–Kier alpha value is -4.54. The fourth-order valence-electron chi connectivity index (χ4n) is 3.90. The monoisotopic (exact) mass is 660 g/mol. The Morgan fingerprint density at radius 1 is 0.822 bits per heavy atom. The third-order valence-electron chi connectivity index (χ3n) is 6.36. The van der Waals surface area contributed by atoms with Gasteiger partial charge in [0.2, 0.25) is 23.6 Å². The van der Waals surface area contributed by atoms with E-state index in [1.807, 2.05) is 0 Å². The number of hydrogen-bond donors (Lipinski definition) is 9. The minimum Gasteiger partial charge on any atom is -0.481 e. The number of phosphoric acid groups is 1. The van der Waals surface area contributed by atoms with Crippen molar-refractivity contribution >= 4 is 49.4 Å². The number of benzene rings is 1. The number of carbonyl (C=O) groups excluding carboxylic acids is 4. The van der Waals surface area contributed by atoms with Crippen LogP contribution < -0.4 is 25.8 Å². The van der Waals surface area contributed by atoms with Crippen molar-refractivity contribution in [3.63, 3.8) is 0 Å². The Kier molecular flexibility index (Phi) is 15.1. The van der Waals surface area contributed by atoms with E-state index in [1.165, 1.54) is 24.3 Å². The van der Waals surface area contributed by atoms with Crippen LogP contribution in [0.1, 0.15) is 52.0 Å². The van der Waals surface area contributed by atoms with Crippen LogP contribution >= 0.6 is 7.82 Å². The Labute approximate surface area is 257 Å². The molecule has 1 aromatic carbocycles. The van der Waals surface area contributed by atoms with Crippen molar-refractivity contribution in [2.24, 2.45) is 5.92 Å². The van der Waals surface area contributed by atoms with Gasteiger partial charge in [-0.25, -0.2) is 14.2 Å². The summed E-state index contributed by atoms with van der Waals surface area (Å²) in [5.41, 5.74) is 0.377. The van der Waals surface area contributed by atoms with Gasteiger partial charge in [-0.3, -0.25) is 33.8 Å². The van der Waals surface area contributed by atoms with E-state index >= 15 is 0 Å². The van der Waals surface area contributed by atoms with Crippen LogP contribution in [0.25, 0.3) is 0 Å². The predicted molar refractivity (Wildman–Crippen MR) is 152 cm³/mol. The van der Waals surface area contributed by atoms with Crippen molar-refractivity contribution in [1.82, 2.24) is 21.3 Å². The van der Waals surface area contributed by atoms with Gasteiger partial charge in [0.05, 0.1) is 6.42 Å². The maximum absolute atomic E-state index is 13.2. The summed E-state index contributed by atoms with van der Waals surface area (Å²) in [4.78, 5) is 103. The van der Waals surface area contributed by atoms with Crippen molar-refractivity contribution in [3.8, 4) is 5.75 Å². The topological polar surface area (TPSA) is 295 Å². The molecule has 1 aromatic rings. The standard InChI is InChI=1S/C26H37N4O14P/c1-4-13(2)22(26(39)40)30-20(32)12-19(25(37)38)29-23(35)17(9-10-21(33)34)28-24(36)18(27-14(3)31)11-15-5-7-16(8-6-15)44-45(41,42)43/h5-8,13,17-19,22H,4,9-12H2,1-3H3,(H,27,31)(H,28,36)(H,29,35)(H,30,32)(H,33,34)(H,37,38)(H,39,40)(H2,41,42,43)/t13-,17+,18+,19+,22+/m1/s1. The number of hydrogen-bond acceptors (Lipinski definition) is 9. The molecule has 250 valence electrons. The van der Waals surface area contributed by atoms with E-state index in [0.29, 0.717) is 12.0 Å². The number of carbonyl (C=O) groups is 7. The first-order valence-electron chi connectivity index (χ1n) is 13.5. The zero-order chi connectivity index (χ0) is 34.5. The van der Waals surface area contributed by atoms with Crippen LogP contribution in [-0.2, 0) is 44.5 Å². The van der Waals surface area contributed by atoms with Gasteiger partial charge >= 0.3 is 25.7 Å². The summed E-state index contributed by atoms with van der Waals surface area (Å²) in [7, 11) is -4.83. The molecule has 0 radical (unpaired) electrons. The Bertz CT molecular complexity index is 1300. The first kappa shape index (κ1) is 38.5. The lowest BCUT2D eigenvalue weighted by atomic mass is 9.99. The van der Waals surface area contributed by atoms with Gasteiger partial charge in [-0.1, -0.05) is 32.4 Å². The van der Waals surface area contributed by atoms with Crippen LogP contribution in [0.2, 0.25) is 0 Å². The molecule has 0 bridgehead atoms. The van der Waals surface area contributed by atoms with Crippen LogP contribution in [0, 0.1) is 5.92 Å². The van der Waals surface area contributed by atoms with Crippen molar-refractivity contribution in [1.29, 1.82) is 0 Å². The third kappa shape index (κ3) is 14.7. The van der Waals surface area contributed by atoms with Crippen molar-refractivity contribution in [3.05, 3.63) is 29.8 Å².